The summed E-state index contributed by atoms with van der Waals surface area (Å²) in [4.78, 5) is 12.3. The Balaban J connectivity index is 2.28. The lowest BCUT2D eigenvalue weighted by Crippen LogP contribution is -2.11. The molecule has 94 valence electrons. The van der Waals surface area contributed by atoms with Crippen LogP contribution in [0.1, 0.15) is 29.8 Å². The SMILES string of the molecule is C=C1C(C(C)C)=CC(=O)c2cc3ccccc3cc21. The first-order valence-corrected chi connectivity index (χ1v) is 6.56. The molecule has 0 N–H and O–H groups in total. The average Bonchev–Trinajstić information content (AvgIpc) is 2.41. The van der Waals surface area contributed by atoms with Crippen LogP contribution in [0.15, 0.2) is 54.6 Å². The van der Waals surface area contributed by atoms with Crippen molar-refractivity contribution < 1.29 is 4.79 Å². The molecule has 0 amide bonds. The number of fused-ring (bicyclic) bond motifs is 2. The monoisotopic (exact) mass is 248 g/mol. The van der Waals surface area contributed by atoms with Gasteiger partial charge in [0.25, 0.3) is 0 Å². The predicted octanol–water partition coefficient (Wildman–Crippen LogP) is 4.63. The molecule has 0 unspecified atom stereocenters. The van der Waals surface area contributed by atoms with Crippen molar-refractivity contribution >= 4 is 22.1 Å². The normalized spacial score (nSPS) is 14.8. The fraction of sp³-hybridized carbons (Fsp3) is 0.167. The lowest BCUT2D eigenvalue weighted by atomic mass is 9.81. The Hall–Kier alpha value is -2.15. The Kier molecular flexibility index (Phi) is 2.63. The smallest absolute Gasteiger partial charge is 0.186 e. The van der Waals surface area contributed by atoms with Crippen molar-refractivity contribution in [2.24, 2.45) is 5.92 Å². The van der Waals surface area contributed by atoms with Crippen LogP contribution < -0.4 is 0 Å². The lowest BCUT2D eigenvalue weighted by molar-refractivity contribution is 0.104. The third-order valence-electron chi connectivity index (χ3n) is 3.73. The summed E-state index contributed by atoms with van der Waals surface area (Å²) in [7, 11) is 0. The minimum atomic E-state index is 0.0943. The Morgan fingerprint density at radius 1 is 1.00 bits per heavy atom. The zero-order valence-electron chi connectivity index (χ0n) is 11.2. The van der Waals surface area contributed by atoms with E-state index in [0.717, 1.165) is 33.0 Å². The van der Waals surface area contributed by atoms with Gasteiger partial charge in [-0.15, -0.1) is 0 Å². The zero-order chi connectivity index (χ0) is 13.6. The van der Waals surface area contributed by atoms with E-state index in [-0.39, 0.29) is 5.78 Å². The number of carbonyl (C=O) groups is 1. The van der Waals surface area contributed by atoms with Crippen molar-refractivity contribution in [3.05, 3.63) is 65.8 Å². The summed E-state index contributed by atoms with van der Waals surface area (Å²) >= 11 is 0. The number of benzene rings is 2. The molecule has 0 aliphatic heterocycles. The molecule has 0 aromatic heterocycles. The second-order valence-electron chi connectivity index (χ2n) is 5.34. The molecule has 0 fully saturated rings. The van der Waals surface area contributed by atoms with Crippen LogP contribution in [0.2, 0.25) is 0 Å². The van der Waals surface area contributed by atoms with E-state index in [4.69, 9.17) is 0 Å². The van der Waals surface area contributed by atoms with Crippen LogP contribution in [0, 0.1) is 5.92 Å². The summed E-state index contributed by atoms with van der Waals surface area (Å²) in [5, 5.41) is 2.25. The second-order valence-corrected chi connectivity index (χ2v) is 5.34. The number of allylic oxidation sites excluding steroid dienone is 3. The van der Waals surface area contributed by atoms with Crippen LogP contribution >= 0.6 is 0 Å². The van der Waals surface area contributed by atoms with Crippen LogP contribution in [-0.2, 0) is 0 Å². The molecule has 2 aromatic carbocycles. The van der Waals surface area contributed by atoms with Gasteiger partial charge in [0.2, 0.25) is 0 Å². The van der Waals surface area contributed by atoms with E-state index in [1.165, 1.54) is 0 Å². The molecular formula is C18H16O. The summed E-state index contributed by atoms with van der Waals surface area (Å²) < 4.78 is 0. The maximum atomic E-state index is 12.3. The Bertz CT molecular complexity index is 732. The lowest BCUT2D eigenvalue weighted by Gasteiger charge is -2.22. The summed E-state index contributed by atoms with van der Waals surface area (Å²) in [6.45, 7) is 8.37. The average molecular weight is 248 g/mol. The van der Waals surface area contributed by atoms with Crippen molar-refractivity contribution in [2.45, 2.75) is 13.8 Å². The van der Waals surface area contributed by atoms with Gasteiger partial charge in [-0.3, -0.25) is 4.79 Å². The molecule has 1 aliphatic carbocycles. The third kappa shape index (κ3) is 1.82. The predicted molar refractivity (Wildman–Crippen MR) is 80.2 cm³/mol. The second kappa shape index (κ2) is 4.20. The van der Waals surface area contributed by atoms with Crippen LogP contribution in [-0.4, -0.2) is 5.78 Å². The first-order valence-electron chi connectivity index (χ1n) is 6.56. The van der Waals surface area contributed by atoms with Crippen molar-refractivity contribution in [2.75, 3.05) is 0 Å². The first-order chi connectivity index (χ1) is 9.08. The molecule has 0 bridgehead atoms. The highest BCUT2D eigenvalue weighted by Gasteiger charge is 2.23. The number of rotatable bonds is 1. The van der Waals surface area contributed by atoms with Crippen LogP contribution in [0.3, 0.4) is 0 Å². The highest BCUT2D eigenvalue weighted by atomic mass is 16.1. The van der Waals surface area contributed by atoms with E-state index in [1.807, 2.05) is 24.3 Å². The highest BCUT2D eigenvalue weighted by Crippen LogP contribution is 2.36. The van der Waals surface area contributed by atoms with E-state index in [2.05, 4.69) is 32.6 Å². The highest BCUT2D eigenvalue weighted by molar-refractivity contribution is 6.15. The summed E-state index contributed by atoms with van der Waals surface area (Å²) in [6, 6.07) is 12.2. The van der Waals surface area contributed by atoms with Gasteiger partial charge in [0.15, 0.2) is 5.78 Å². The third-order valence-corrected chi connectivity index (χ3v) is 3.73. The van der Waals surface area contributed by atoms with Crippen LogP contribution in [0.25, 0.3) is 16.3 Å². The molecule has 2 aromatic rings. The van der Waals surface area contributed by atoms with Gasteiger partial charge in [0.1, 0.15) is 0 Å². The Morgan fingerprint density at radius 3 is 2.16 bits per heavy atom. The molecule has 3 rings (SSSR count). The summed E-state index contributed by atoms with van der Waals surface area (Å²) in [5.41, 5.74) is 3.78. The molecule has 1 nitrogen and oxygen atoms in total. The Morgan fingerprint density at radius 2 is 1.58 bits per heavy atom. The largest absolute Gasteiger partial charge is 0.289 e. The van der Waals surface area contributed by atoms with Crippen LogP contribution in [0.5, 0.6) is 0 Å². The number of ketones is 1. The minimum absolute atomic E-state index is 0.0943. The molecule has 1 aliphatic rings. The first kappa shape index (κ1) is 11.9. The standard InChI is InChI=1S/C18H16O/c1-11(2)15-10-18(19)17-9-14-7-5-4-6-13(14)8-16(17)12(15)3/h4-11H,3H2,1-2H3. The molecule has 0 saturated heterocycles. The van der Waals surface area contributed by atoms with Gasteiger partial charge in [-0.05, 0) is 51.6 Å². The molecule has 0 atom stereocenters. The van der Waals surface area contributed by atoms with Gasteiger partial charge >= 0.3 is 0 Å². The van der Waals surface area contributed by atoms with Crippen molar-refractivity contribution in [1.82, 2.24) is 0 Å². The molecule has 0 heterocycles. The molecule has 0 spiro atoms. The van der Waals surface area contributed by atoms with Crippen LogP contribution in [0.4, 0.5) is 0 Å². The minimum Gasteiger partial charge on any atom is -0.289 e. The summed E-state index contributed by atoms with van der Waals surface area (Å²) in [5.74, 6) is 0.410. The Labute approximate surface area is 113 Å². The van der Waals surface area contributed by atoms with E-state index >= 15 is 0 Å². The quantitative estimate of drug-likeness (QED) is 0.719. The maximum Gasteiger partial charge on any atom is 0.186 e. The summed E-state index contributed by atoms with van der Waals surface area (Å²) in [6.07, 6.45) is 1.74. The van der Waals surface area contributed by atoms with Crippen molar-refractivity contribution in [3.8, 4) is 0 Å². The molecular weight excluding hydrogens is 232 g/mol. The van der Waals surface area contributed by atoms with Crippen molar-refractivity contribution in [1.29, 1.82) is 0 Å². The van der Waals surface area contributed by atoms with E-state index < -0.39 is 0 Å². The van der Waals surface area contributed by atoms with Crippen molar-refractivity contribution in [3.63, 3.8) is 0 Å². The fourth-order valence-corrected chi connectivity index (χ4v) is 2.67. The van der Waals surface area contributed by atoms with Gasteiger partial charge in [-0.1, -0.05) is 44.7 Å². The number of hydrogen-bond acceptors (Lipinski definition) is 1. The number of hydrogen-bond donors (Lipinski definition) is 0. The van der Waals surface area contributed by atoms with E-state index in [1.54, 1.807) is 6.08 Å². The molecule has 0 radical (unpaired) electrons. The van der Waals surface area contributed by atoms with Gasteiger partial charge in [0.05, 0.1) is 0 Å². The topological polar surface area (TPSA) is 17.1 Å². The zero-order valence-corrected chi connectivity index (χ0v) is 11.2. The van der Waals surface area contributed by atoms with E-state index in [9.17, 15) is 4.79 Å². The maximum absolute atomic E-state index is 12.3. The number of carbonyl (C=O) groups excluding carboxylic acids is 1. The molecule has 19 heavy (non-hydrogen) atoms. The van der Waals surface area contributed by atoms with Gasteiger partial charge in [-0.25, -0.2) is 0 Å². The fourth-order valence-electron chi connectivity index (χ4n) is 2.67. The molecule has 0 saturated carbocycles. The van der Waals surface area contributed by atoms with Gasteiger partial charge < -0.3 is 0 Å². The van der Waals surface area contributed by atoms with Gasteiger partial charge in [0, 0.05) is 5.56 Å². The van der Waals surface area contributed by atoms with E-state index in [0.29, 0.717) is 5.92 Å². The van der Waals surface area contributed by atoms with Gasteiger partial charge in [-0.2, -0.15) is 0 Å². The molecule has 1 heteroatoms.